The Balaban J connectivity index is 1.49. The van der Waals surface area contributed by atoms with E-state index in [9.17, 15) is 29.4 Å². The molecule has 4 N–H and O–H groups in total. The lowest BCUT2D eigenvalue weighted by molar-refractivity contribution is -0.116. The fourth-order valence-electron chi connectivity index (χ4n) is 3.74. The number of amides is 2. The number of benzene rings is 2. The van der Waals surface area contributed by atoms with Gasteiger partial charge in [0.1, 0.15) is 0 Å². The van der Waals surface area contributed by atoms with E-state index in [0.29, 0.717) is 11.1 Å². The molecule has 0 saturated carbocycles. The summed E-state index contributed by atoms with van der Waals surface area (Å²) in [6, 6.07) is 16.7. The van der Waals surface area contributed by atoms with Crippen molar-refractivity contribution in [1.29, 1.82) is 0 Å². The fraction of sp³-hybridized carbons (Fsp3) is 0.111. The van der Waals surface area contributed by atoms with Crippen LogP contribution in [0.4, 0.5) is 11.4 Å². The second kappa shape index (κ2) is 11.6. The zero-order valence-electron chi connectivity index (χ0n) is 19.4. The van der Waals surface area contributed by atoms with Gasteiger partial charge in [-0.05, 0) is 64.7 Å². The van der Waals surface area contributed by atoms with E-state index >= 15 is 0 Å². The van der Waals surface area contributed by atoms with Crippen molar-refractivity contribution in [3.63, 3.8) is 0 Å². The molecule has 188 valence electrons. The van der Waals surface area contributed by atoms with Gasteiger partial charge in [0.25, 0.3) is 0 Å². The van der Waals surface area contributed by atoms with Crippen molar-refractivity contribution < 1.29 is 29.4 Å². The zero-order chi connectivity index (χ0) is 26.4. The molecule has 0 aliphatic heterocycles. The van der Waals surface area contributed by atoms with Gasteiger partial charge in [-0.25, -0.2) is 9.59 Å². The molecule has 0 aliphatic rings. The lowest BCUT2D eigenvalue weighted by Crippen LogP contribution is -2.17. The highest BCUT2D eigenvalue weighted by Crippen LogP contribution is 2.24. The van der Waals surface area contributed by atoms with Crippen LogP contribution in [0.2, 0.25) is 0 Å². The second-order valence-corrected chi connectivity index (χ2v) is 10.2. The van der Waals surface area contributed by atoms with Gasteiger partial charge in [-0.1, -0.05) is 24.3 Å². The summed E-state index contributed by atoms with van der Waals surface area (Å²) in [7, 11) is 0. The standard InChI is InChI=1S/C27H22N2O6S2/c30-24(14-18-3-1-9-36-18)28-22-7-5-16(12-20(22)26(32)33)11-17-6-8-23(21(13-17)27(34)35)29-25(31)15-19-4-2-10-37-19/h1-10,12-13H,11,14-15H2,(H,28,30)(H,29,31)(H,32,33)(H,34,35). The van der Waals surface area contributed by atoms with E-state index in [-0.39, 0.29) is 53.6 Å². The Bertz CT molecular complexity index is 1340. The largest absolute Gasteiger partial charge is 0.478 e. The fourth-order valence-corrected chi connectivity index (χ4v) is 5.15. The van der Waals surface area contributed by atoms with Gasteiger partial charge < -0.3 is 20.8 Å². The highest BCUT2D eigenvalue weighted by atomic mass is 32.1. The molecule has 0 spiro atoms. The van der Waals surface area contributed by atoms with Crippen molar-refractivity contribution in [2.24, 2.45) is 0 Å². The summed E-state index contributed by atoms with van der Waals surface area (Å²) in [5.41, 5.74) is 1.50. The lowest BCUT2D eigenvalue weighted by Gasteiger charge is -2.12. The smallest absolute Gasteiger partial charge is 0.337 e. The normalized spacial score (nSPS) is 10.6. The molecule has 0 bridgehead atoms. The molecule has 8 nitrogen and oxygen atoms in total. The van der Waals surface area contributed by atoms with E-state index in [1.807, 2.05) is 35.0 Å². The van der Waals surface area contributed by atoms with Crippen LogP contribution in [0.15, 0.2) is 71.4 Å². The van der Waals surface area contributed by atoms with Crippen molar-refractivity contribution in [1.82, 2.24) is 0 Å². The average Bonchev–Trinajstić information content (AvgIpc) is 3.55. The first-order valence-electron chi connectivity index (χ1n) is 11.2. The average molecular weight is 535 g/mol. The molecule has 10 heteroatoms. The van der Waals surface area contributed by atoms with Crippen molar-refractivity contribution in [3.05, 3.63) is 103 Å². The molecule has 2 aromatic heterocycles. The number of aromatic carboxylic acids is 2. The quantitative estimate of drug-likeness (QED) is 0.222. The number of nitrogens with one attached hydrogen (secondary N) is 2. The predicted molar refractivity (Wildman–Crippen MR) is 143 cm³/mol. The monoisotopic (exact) mass is 534 g/mol. The Morgan fingerprint density at radius 1 is 0.649 bits per heavy atom. The summed E-state index contributed by atoms with van der Waals surface area (Å²) < 4.78 is 0. The highest BCUT2D eigenvalue weighted by Gasteiger charge is 2.17. The number of anilines is 2. The van der Waals surface area contributed by atoms with Crippen LogP contribution in [-0.4, -0.2) is 34.0 Å². The van der Waals surface area contributed by atoms with Crippen molar-refractivity contribution in [3.8, 4) is 0 Å². The molecule has 0 saturated heterocycles. The third-order valence-electron chi connectivity index (χ3n) is 5.41. The number of thiophene rings is 2. The Labute approximate surface area is 220 Å². The number of carboxylic acids is 2. The SMILES string of the molecule is O=C(Cc1cccs1)Nc1ccc(Cc2ccc(NC(=O)Cc3cccs3)c(C(=O)O)c2)cc1C(=O)O. The summed E-state index contributed by atoms with van der Waals surface area (Å²) in [5, 5.41) is 28.4. The van der Waals surface area contributed by atoms with Crippen molar-refractivity contribution in [2.75, 3.05) is 10.6 Å². The number of hydrogen-bond donors (Lipinski definition) is 4. The summed E-state index contributed by atoms with van der Waals surface area (Å²) in [6.45, 7) is 0. The van der Waals surface area contributed by atoms with Crippen LogP contribution < -0.4 is 10.6 Å². The summed E-state index contributed by atoms with van der Waals surface area (Å²) in [6.07, 6.45) is 0.548. The van der Waals surface area contributed by atoms with E-state index in [1.54, 1.807) is 12.1 Å². The van der Waals surface area contributed by atoms with Crippen LogP contribution in [0.25, 0.3) is 0 Å². The number of carbonyl (C=O) groups is 4. The minimum Gasteiger partial charge on any atom is -0.478 e. The second-order valence-electron chi connectivity index (χ2n) is 8.16. The number of carboxylic acid groups (broad SMARTS) is 2. The summed E-state index contributed by atoms with van der Waals surface area (Å²) in [5.74, 6) is -3.02. The van der Waals surface area contributed by atoms with Crippen LogP contribution >= 0.6 is 22.7 Å². The van der Waals surface area contributed by atoms with Gasteiger partial charge in [0, 0.05) is 9.75 Å². The predicted octanol–water partition coefficient (Wildman–Crippen LogP) is 5.16. The van der Waals surface area contributed by atoms with Crippen LogP contribution in [0.5, 0.6) is 0 Å². The Morgan fingerprint density at radius 2 is 1.08 bits per heavy atom. The molecule has 0 aliphatic carbocycles. The first kappa shape index (κ1) is 25.8. The molecule has 2 aromatic carbocycles. The third-order valence-corrected chi connectivity index (χ3v) is 7.17. The van der Waals surface area contributed by atoms with Crippen LogP contribution in [0, 0.1) is 0 Å². The Hall–Kier alpha value is -4.28. The maximum absolute atomic E-state index is 12.3. The molecule has 0 unspecified atom stereocenters. The van der Waals surface area contributed by atoms with E-state index in [4.69, 9.17) is 0 Å². The highest BCUT2D eigenvalue weighted by molar-refractivity contribution is 7.10. The van der Waals surface area contributed by atoms with Gasteiger partial charge in [-0.15, -0.1) is 22.7 Å². The van der Waals surface area contributed by atoms with Gasteiger partial charge in [-0.2, -0.15) is 0 Å². The van der Waals surface area contributed by atoms with Crippen molar-refractivity contribution in [2.45, 2.75) is 19.3 Å². The van der Waals surface area contributed by atoms with Gasteiger partial charge in [-0.3, -0.25) is 9.59 Å². The van der Waals surface area contributed by atoms with E-state index < -0.39 is 11.9 Å². The Kier molecular flexibility index (Phi) is 8.11. The van der Waals surface area contributed by atoms with Gasteiger partial charge >= 0.3 is 11.9 Å². The van der Waals surface area contributed by atoms with Crippen molar-refractivity contribution >= 4 is 57.8 Å². The minimum absolute atomic E-state index is 0.0621. The summed E-state index contributed by atoms with van der Waals surface area (Å²) in [4.78, 5) is 50.2. The molecule has 0 fully saturated rings. The molecule has 0 radical (unpaired) electrons. The molecule has 37 heavy (non-hydrogen) atoms. The molecular weight excluding hydrogens is 512 g/mol. The van der Waals surface area contributed by atoms with E-state index in [1.165, 1.54) is 46.9 Å². The molecule has 2 amide bonds. The number of rotatable bonds is 10. The number of hydrogen-bond acceptors (Lipinski definition) is 6. The van der Waals surface area contributed by atoms with Gasteiger partial charge in [0.05, 0.1) is 35.3 Å². The first-order chi connectivity index (χ1) is 17.8. The molecule has 4 rings (SSSR count). The third kappa shape index (κ3) is 6.90. The molecule has 4 aromatic rings. The minimum atomic E-state index is -1.19. The topological polar surface area (TPSA) is 133 Å². The van der Waals surface area contributed by atoms with Crippen LogP contribution in [0.1, 0.15) is 41.6 Å². The maximum Gasteiger partial charge on any atom is 0.337 e. The number of carbonyl (C=O) groups excluding carboxylic acids is 2. The molecule has 0 atom stereocenters. The van der Waals surface area contributed by atoms with Gasteiger partial charge in [0.15, 0.2) is 0 Å². The maximum atomic E-state index is 12.3. The first-order valence-corrected chi connectivity index (χ1v) is 12.9. The van der Waals surface area contributed by atoms with Crippen LogP contribution in [0.3, 0.4) is 0 Å². The zero-order valence-corrected chi connectivity index (χ0v) is 21.0. The molecular formula is C27H22N2O6S2. The lowest BCUT2D eigenvalue weighted by atomic mass is 9.99. The van der Waals surface area contributed by atoms with E-state index in [0.717, 1.165) is 9.75 Å². The summed E-state index contributed by atoms with van der Waals surface area (Å²) >= 11 is 2.88. The Morgan fingerprint density at radius 3 is 1.43 bits per heavy atom. The van der Waals surface area contributed by atoms with E-state index in [2.05, 4.69) is 10.6 Å². The van der Waals surface area contributed by atoms with Gasteiger partial charge in [0.2, 0.25) is 11.8 Å². The molecule has 2 heterocycles. The van der Waals surface area contributed by atoms with Crippen LogP contribution in [-0.2, 0) is 28.9 Å².